The first-order valence-electron chi connectivity index (χ1n) is 14.8. The number of thioether (sulfide) groups is 1. The third kappa shape index (κ3) is 6.97. The number of benzene rings is 4. The fourth-order valence-electron chi connectivity index (χ4n) is 5.80. The third-order valence-corrected chi connectivity index (χ3v) is 9.43. The number of carbonyl (C=O) groups excluding carboxylic acids is 2. The Kier molecular flexibility index (Phi) is 9.26. The van der Waals surface area contributed by atoms with Crippen LogP contribution in [0.15, 0.2) is 121 Å². The van der Waals surface area contributed by atoms with Gasteiger partial charge in [-0.15, -0.1) is 11.8 Å². The predicted molar refractivity (Wildman–Crippen MR) is 175 cm³/mol. The zero-order valence-electron chi connectivity index (χ0n) is 25.4. The molecule has 1 fully saturated rings. The minimum Gasteiger partial charge on any atom is -0.444 e. The number of likely N-dealkylation sites (tertiary alicyclic amines) is 1. The monoisotopic (exact) mass is 592 g/mol. The molecule has 43 heavy (non-hydrogen) atoms. The Hall–Kier alpha value is -4.03. The van der Waals surface area contributed by atoms with Gasteiger partial charge in [-0.3, -0.25) is 9.69 Å². The van der Waals surface area contributed by atoms with Crippen molar-refractivity contribution in [1.82, 2.24) is 9.80 Å². The molecule has 0 spiro atoms. The van der Waals surface area contributed by atoms with Crippen molar-refractivity contribution in [3.63, 3.8) is 0 Å². The van der Waals surface area contributed by atoms with Gasteiger partial charge in [0.25, 0.3) is 0 Å². The summed E-state index contributed by atoms with van der Waals surface area (Å²) in [6.45, 7) is 6.45. The van der Waals surface area contributed by atoms with Crippen molar-refractivity contribution in [3.8, 4) is 0 Å². The van der Waals surface area contributed by atoms with Gasteiger partial charge in [0.1, 0.15) is 11.6 Å². The normalized spacial score (nSPS) is 17.0. The molecule has 5 rings (SSSR count). The van der Waals surface area contributed by atoms with Gasteiger partial charge in [0.2, 0.25) is 5.91 Å². The topological polar surface area (TPSA) is 49.9 Å². The highest BCUT2D eigenvalue weighted by Crippen LogP contribution is 2.52. The van der Waals surface area contributed by atoms with E-state index in [1.807, 2.05) is 88.1 Å². The summed E-state index contributed by atoms with van der Waals surface area (Å²) in [6.07, 6.45) is 0.0719. The van der Waals surface area contributed by atoms with Gasteiger partial charge < -0.3 is 9.64 Å². The summed E-state index contributed by atoms with van der Waals surface area (Å²) in [5, 5.41) is -0.0350. The third-order valence-electron chi connectivity index (χ3n) is 7.70. The number of rotatable bonds is 8. The van der Waals surface area contributed by atoms with Crippen LogP contribution in [-0.2, 0) is 20.8 Å². The Balaban J connectivity index is 1.53. The summed E-state index contributed by atoms with van der Waals surface area (Å²) in [4.78, 5) is 31.0. The van der Waals surface area contributed by atoms with E-state index >= 15 is 0 Å². The van der Waals surface area contributed by atoms with Crippen molar-refractivity contribution in [2.75, 3.05) is 13.6 Å². The van der Waals surface area contributed by atoms with Gasteiger partial charge in [0.15, 0.2) is 0 Å². The molecule has 2 unspecified atom stereocenters. The van der Waals surface area contributed by atoms with Crippen LogP contribution in [0.25, 0.3) is 0 Å². The van der Waals surface area contributed by atoms with E-state index in [4.69, 9.17) is 4.74 Å². The van der Waals surface area contributed by atoms with Crippen molar-refractivity contribution in [2.24, 2.45) is 0 Å². The molecule has 0 aromatic heterocycles. The minimum atomic E-state index is -0.673. The lowest BCUT2D eigenvalue weighted by molar-refractivity contribution is -0.135. The summed E-state index contributed by atoms with van der Waals surface area (Å²) in [5.41, 5.74) is 3.82. The molecule has 1 saturated heterocycles. The molecular weight excluding hydrogens is 552 g/mol. The highest BCUT2D eigenvalue weighted by atomic mass is 32.2. The average Bonchev–Trinajstić information content (AvgIpc) is 3.44. The molecule has 5 nitrogen and oxygen atoms in total. The zero-order valence-corrected chi connectivity index (χ0v) is 26.2. The van der Waals surface area contributed by atoms with E-state index in [1.165, 1.54) is 0 Å². The molecule has 1 aliphatic heterocycles. The number of ether oxygens (including phenoxy) is 1. The van der Waals surface area contributed by atoms with Gasteiger partial charge in [0.05, 0.1) is 4.75 Å². The molecule has 4 aromatic rings. The number of hydrogen-bond acceptors (Lipinski definition) is 4. The van der Waals surface area contributed by atoms with Crippen LogP contribution in [0.2, 0.25) is 0 Å². The van der Waals surface area contributed by atoms with E-state index in [0.29, 0.717) is 19.5 Å². The van der Waals surface area contributed by atoms with Gasteiger partial charge in [-0.25, -0.2) is 4.79 Å². The van der Waals surface area contributed by atoms with Crippen LogP contribution < -0.4 is 0 Å². The average molecular weight is 593 g/mol. The van der Waals surface area contributed by atoms with E-state index in [9.17, 15) is 9.59 Å². The molecule has 1 heterocycles. The smallest absolute Gasteiger partial charge is 0.411 e. The van der Waals surface area contributed by atoms with Gasteiger partial charge in [-0.1, -0.05) is 121 Å². The summed E-state index contributed by atoms with van der Waals surface area (Å²) in [5.74, 6) is -0.0810. The van der Waals surface area contributed by atoms with Gasteiger partial charge >= 0.3 is 6.09 Å². The summed E-state index contributed by atoms with van der Waals surface area (Å²) in [6, 6.07) is 40.9. The van der Waals surface area contributed by atoms with Crippen molar-refractivity contribution in [3.05, 3.63) is 144 Å². The fraction of sp³-hybridized carbons (Fsp3) is 0.297. The van der Waals surface area contributed by atoms with Crippen molar-refractivity contribution < 1.29 is 14.3 Å². The lowest BCUT2D eigenvalue weighted by Gasteiger charge is -2.37. The highest BCUT2D eigenvalue weighted by Gasteiger charge is 2.47. The molecule has 2 atom stereocenters. The van der Waals surface area contributed by atoms with Crippen LogP contribution in [0.1, 0.15) is 49.4 Å². The Labute approximate surface area is 259 Å². The molecule has 0 aliphatic carbocycles. The number of amides is 2. The standard InChI is InChI=1S/C37H40N2O3S/c1-36(2,3)42-35(41)39-27-32(25-33(39)34(40)38(4)26-28-17-9-5-10-18-28)43-37(29-19-11-6-12-20-29,30-21-13-7-14-22-30)31-23-15-8-16-24-31/h5-24,32-33H,25-27H2,1-4H3. The zero-order chi connectivity index (χ0) is 30.5. The Bertz CT molecular complexity index is 1390. The van der Waals surface area contributed by atoms with E-state index < -0.39 is 22.5 Å². The highest BCUT2D eigenvalue weighted by molar-refractivity contribution is 8.01. The van der Waals surface area contributed by atoms with E-state index in [2.05, 4.69) is 72.8 Å². The summed E-state index contributed by atoms with van der Waals surface area (Å²) >= 11 is 1.81. The Morgan fingerprint density at radius 3 is 1.65 bits per heavy atom. The molecular formula is C37H40N2O3S. The number of hydrogen-bond donors (Lipinski definition) is 0. The van der Waals surface area contributed by atoms with Crippen LogP contribution in [-0.4, -0.2) is 52.3 Å². The maximum absolute atomic E-state index is 14.0. The van der Waals surface area contributed by atoms with E-state index in [1.54, 1.807) is 9.80 Å². The second-order valence-electron chi connectivity index (χ2n) is 12.1. The molecule has 0 saturated carbocycles. The maximum Gasteiger partial charge on any atom is 0.411 e. The molecule has 4 aromatic carbocycles. The van der Waals surface area contributed by atoms with Crippen molar-refractivity contribution in [1.29, 1.82) is 0 Å². The maximum atomic E-state index is 14.0. The fourth-order valence-corrected chi connectivity index (χ4v) is 7.63. The second-order valence-corrected chi connectivity index (χ2v) is 13.6. The minimum absolute atomic E-state index is 0.0350. The molecule has 0 bridgehead atoms. The first-order valence-corrected chi connectivity index (χ1v) is 15.7. The summed E-state index contributed by atoms with van der Waals surface area (Å²) in [7, 11) is 1.81. The van der Waals surface area contributed by atoms with Gasteiger partial charge in [0, 0.05) is 25.4 Å². The van der Waals surface area contributed by atoms with E-state index in [0.717, 1.165) is 22.3 Å². The SMILES string of the molecule is CN(Cc1ccccc1)C(=O)C1CC(SC(c2ccccc2)(c2ccccc2)c2ccccc2)CN1C(=O)OC(C)(C)C. The van der Waals surface area contributed by atoms with Crippen LogP contribution >= 0.6 is 11.8 Å². The second kappa shape index (κ2) is 13.1. The summed E-state index contributed by atoms with van der Waals surface area (Å²) < 4.78 is 5.29. The molecule has 2 amide bonds. The van der Waals surface area contributed by atoms with Crippen LogP contribution in [0.4, 0.5) is 4.79 Å². The molecule has 6 heteroatoms. The number of nitrogens with zero attached hydrogens (tertiary/aromatic N) is 2. The largest absolute Gasteiger partial charge is 0.444 e. The van der Waals surface area contributed by atoms with Gasteiger partial charge in [-0.2, -0.15) is 0 Å². The molecule has 1 aliphatic rings. The van der Waals surface area contributed by atoms with Gasteiger partial charge in [-0.05, 0) is 49.4 Å². The van der Waals surface area contributed by atoms with E-state index in [-0.39, 0.29) is 11.2 Å². The van der Waals surface area contributed by atoms with Crippen LogP contribution in [0.3, 0.4) is 0 Å². The molecule has 0 N–H and O–H groups in total. The lowest BCUT2D eigenvalue weighted by atomic mass is 9.84. The van der Waals surface area contributed by atoms with Crippen LogP contribution in [0.5, 0.6) is 0 Å². The van der Waals surface area contributed by atoms with Crippen molar-refractivity contribution >= 4 is 23.8 Å². The van der Waals surface area contributed by atoms with Crippen LogP contribution in [0, 0.1) is 0 Å². The number of likely N-dealkylation sites (N-methyl/N-ethyl adjacent to an activating group) is 1. The quantitative estimate of drug-likeness (QED) is 0.196. The Morgan fingerprint density at radius 2 is 1.21 bits per heavy atom. The molecule has 222 valence electrons. The lowest BCUT2D eigenvalue weighted by Crippen LogP contribution is -2.47. The first-order chi connectivity index (χ1) is 20.7. The predicted octanol–water partition coefficient (Wildman–Crippen LogP) is 7.75. The Morgan fingerprint density at radius 1 is 0.767 bits per heavy atom. The number of carbonyl (C=O) groups is 2. The molecule has 0 radical (unpaired) electrons. The first kappa shape index (κ1) is 30.4. The van der Waals surface area contributed by atoms with Crippen molar-refractivity contribution in [2.45, 2.75) is 55.4 Å².